The minimum absolute atomic E-state index is 0. The molecule has 1 atom stereocenters. The van der Waals surface area contributed by atoms with E-state index in [9.17, 15) is 0 Å². The number of hydrogen-bond acceptors (Lipinski definition) is 4. The molecule has 0 N–H and O–H groups in total. The van der Waals surface area contributed by atoms with Gasteiger partial charge in [-0.2, -0.15) is 0 Å². The van der Waals surface area contributed by atoms with E-state index in [1.54, 1.807) is 0 Å². The summed E-state index contributed by atoms with van der Waals surface area (Å²) in [5.74, 6) is 2.25. The number of thiophene rings is 1. The van der Waals surface area contributed by atoms with Gasteiger partial charge >= 0.3 is 0 Å². The van der Waals surface area contributed by atoms with E-state index < -0.39 is 0 Å². The summed E-state index contributed by atoms with van der Waals surface area (Å²) in [6, 6.07) is 10.6. The van der Waals surface area contributed by atoms with Gasteiger partial charge in [0.2, 0.25) is 0 Å². The Balaban J connectivity index is 0.00000208. The molecule has 0 fully saturated rings. The Morgan fingerprint density at radius 3 is 2.75 bits per heavy atom. The SMILES string of the molecule is CN(C)CCOc1ccc2c(c1)OC(C)(C)CC2c1cccs1.Cl. The van der Waals surface area contributed by atoms with Crippen LogP contribution in [-0.4, -0.2) is 37.7 Å². The first kappa shape index (κ1) is 19.1. The lowest BCUT2D eigenvalue weighted by Gasteiger charge is -2.37. The Hall–Kier alpha value is -1.23. The number of halogens is 1. The van der Waals surface area contributed by atoms with Crippen molar-refractivity contribution in [3.8, 4) is 11.5 Å². The third kappa shape index (κ3) is 4.44. The molecule has 2 heterocycles. The van der Waals surface area contributed by atoms with Crippen molar-refractivity contribution < 1.29 is 9.47 Å². The maximum absolute atomic E-state index is 6.23. The number of nitrogens with zero attached hydrogens (tertiary/aromatic N) is 1. The molecule has 1 aliphatic heterocycles. The molecule has 0 bridgehead atoms. The molecule has 3 rings (SSSR count). The quantitative estimate of drug-likeness (QED) is 0.757. The van der Waals surface area contributed by atoms with Crippen LogP contribution in [0.25, 0.3) is 0 Å². The van der Waals surface area contributed by atoms with Gasteiger partial charge in [0, 0.05) is 29.0 Å². The summed E-state index contributed by atoms with van der Waals surface area (Å²) in [6.45, 7) is 5.91. The number of benzene rings is 1. The predicted octanol–water partition coefficient (Wildman–Crippen LogP) is 4.80. The highest BCUT2D eigenvalue weighted by Crippen LogP contribution is 2.46. The summed E-state index contributed by atoms with van der Waals surface area (Å²) in [6.07, 6.45) is 1.00. The highest BCUT2D eigenvalue weighted by molar-refractivity contribution is 7.10. The van der Waals surface area contributed by atoms with Crippen LogP contribution >= 0.6 is 23.7 Å². The van der Waals surface area contributed by atoms with Crippen molar-refractivity contribution in [1.29, 1.82) is 0 Å². The second kappa shape index (κ2) is 7.77. The maximum Gasteiger partial charge on any atom is 0.127 e. The first-order chi connectivity index (χ1) is 10.9. The van der Waals surface area contributed by atoms with Crippen molar-refractivity contribution in [2.24, 2.45) is 0 Å². The Morgan fingerprint density at radius 1 is 1.29 bits per heavy atom. The van der Waals surface area contributed by atoms with E-state index in [1.165, 1.54) is 10.4 Å². The van der Waals surface area contributed by atoms with Crippen molar-refractivity contribution in [3.05, 3.63) is 46.2 Å². The fraction of sp³-hybridized carbons (Fsp3) is 0.474. The van der Waals surface area contributed by atoms with Crippen LogP contribution in [-0.2, 0) is 0 Å². The molecular weight excluding hydrogens is 342 g/mol. The molecule has 0 spiro atoms. The number of likely N-dealkylation sites (N-methyl/N-ethyl adjacent to an activating group) is 1. The largest absolute Gasteiger partial charge is 0.492 e. The predicted molar refractivity (Wildman–Crippen MR) is 103 cm³/mol. The molecule has 3 nitrogen and oxygen atoms in total. The van der Waals surface area contributed by atoms with Crippen LogP contribution in [0.4, 0.5) is 0 Å². The number of rotatable bonds is 5. The summed E-state index contributed by atoms with van der Waals surface area (Å²) >= 11 is 1.82. The molecule has 0 saturated heterocycles. The van der Waals surface area contributed by atoms with E-state index in [-0.39, 0.29) is 18.0 Å². The van der Waals surface area contributed by atoms with Gasteiger partial charge in [-0.15, -0.1) is 23.7 Å². The number of ether oxygens (including phenoxy) is 2. The highest BCUT2D eigenvalue weighted by Gasteiger charge is 2.35. The summed E-state index contributed by atoms with van der Waals surface area (Å²) < 4.78 is 12.1. The van der Waals surface area contributed by atoms with E-state index >= 15 is 0 Å². The fourth-order valence-corrected chi connectivity index (χ4v) is 3.86. The summed E-state index contributed by atoms with van der Waals surface area (Å²) in [4.78, 5) is 3.52. The second-order valence-corrected chi connectivity index (χ2v) is 7.96. The third-order valence-corrected chi connectivity index (χ3v) is 5.12. The zero-order valence-electron chi connectivity index (χ0n) is 14.7. The molecule has 1 aromatic heterocycles. The molecule has 24 heavy (non-hydrogen) atoms. The molecule has 0 amide bonds. The van der Waals surface area contributed by atoms with Crippen molar-refractivity contribution in [2.45, 2.75) is 31.8 Å². The normalized spacial score (nSPS) is 18.5. The zero-order chi connectivity index (χ0) is 16.4. The van der Waals surface area contributed by atoms with Gasteiger partial charge in [0.25, 0.3) is 0 Å². The van der Waals surface area contributed by atoms with E-state index in [0.717, 1.165) is 24.5 Å². The average molecular weight is 368 g/mol. The second-order valence-electron chi connectivity index (χ2n) is 6.99. The Labute approximate surface area is 155 Å². The van der Waals surface area contributed by atoms with Crippen LogP contribution in [0, 0.1) is 0 Å². The van der Waals surface area contributed by atoms with Crippen LogP contribution < -0.4 is 9.47 Å². The lowest BCUT2D eigenvalue weighted by atomic mass is 9.83. The lowest BCUT2D eigenvalue weighted by Crippen LogP contribution is -2.35. The molecule has 1 unspecified atom stereocenters. The fourth-order valence-electron chi connectivity index (χ4n) is 3.01. The van der Waals surface area contributed by atoms with Gasteiger partial charge in [-0.1, -0.05) is 12.1 Å². The average Bonchev–Trinajstić information content (AvgIpc) is 2.98. The first-order valence-electron chi connectivity index (χ1n) is 8.08. The van der Waals surface area contributed by atoms with Crippen LogP contribution in [0.15, 0.2) is 35.7 Å². The number of hydrogen-bond donors (Lipinski definition) is 0. The van der Waals surface area contributed by atoms with Crippen LogP contribution in [0.3, 0.4) is 0 Å². The van der Waals surface area contributed by atoms with E-state index in [0.29, 0.717) is 12.5 Å². The number of fused-ring (bicyclic) bond motifs is 1. The molecule has 132 valence electrons. The van der Waals surface area contributed by atoms with Crippen LogP contribution in [0.5, 0.6) is 11.5 Å². The first-order valence-corrected chi connectivity index (χ1v) is 8.96. The van der Waals surface area contributed by atoms with Gasteiger partial charge in [-0.3, -0.25) is 0 Å². The molecule has 0 aliphatic carbocycles. The van der Waals surface area contributed by atoms with Gasteiger partial charge in [-0.05, 0) is 51.9 Å². The van der Waals surface area contributed by atoms with Gasteiger partial charge in [0.15, 0.2) is 0 Å². The summed E-state index contributed by atoms with van der Waals surface area (Å²) in [5, 5.41) is 2.15. The maximum atomic E-state index is 6.23. The Bertz CT molecular complexity index is 655. The Morgan fingerprint density at radius 2 is 2.08 bits per heavy atom. The minimum Gasteiger partial charge on any atom is -0.492 e. The Kier molecular flexibility index (Phi) is 6.18. The van der Waals surface area contributed by atoms with E-state index in [4.69, 9.17) is 9.47 Å². The molecule has 1 aliphatic rings. The minimum atomic E-state index is -0.163. The summed E-state index contributed by atoms with van der Waals surface area (Å²) in [7, 11) is 4.10. The molecule has 0 saturated carbocycles. The topological polar surface area (TPSA) is 21.7 Å². The van der Waals surface area contributed by atoms with Gasteiger partial charge in [0.1, 0.15) is 23.7 Å². The van der Waals surface area contributed by atoms with Gasteiger partial charge in [0.05, 0.1) is 0 Å². The molecule has 1 aromatic carbocycles. The van der Waals surface area contributed by atoms with Gasteiger partial charge < -0.3 is 14.4 Å². The molecule has 5 heteroatoms. The van der Waals surface area contributed by atoms with Crippen molar-refractivity contribution >= 4 is 23.7 Å². The third-order valence-electron chi connectivity index (χ3n) is 4.14. The molecule has 0 radical (unpaired) electrons. The van der Waals surface area contributed by atoms with Crippen molar-refractivity contribution in [1.82, 2.24) is 4.90 Å². The molecular formula is C19H26ClNO2S. The monoisotopic (exact) mass is 367 g/mol. The van der Waals surface area contributed by atoms with Crippen molar-refractivity contribution in [3.63, 3.8) is 0 Å². The smallest absolute Gasteiger partial charge is 0.127 e. The van der Waals surface area contributed by atoms with Crippen LogP contribution in [0.1, 0.15) is 36.6 Å². The standard InChI is InChI=1S/C19H25NO2S.ClH/c1-19(2)13-16(18-6-5-11-23-18)15-8-7-14(12-17(15)22-19)21-10-9-20(3)4;/h5-8,11-12,16H,9-10,13H2,1-4H3;1H. The summed E-state index contributed by atoms with van der Waals surface area (Å²) in [5.41, 5.74) is 1.11. The van der Waals surface area contributed by atoms with Crippen molar-refractivity contribution in [2.75, 3.05) is 27.2 Å². The zero-order valence-corrected chi connectivity index (χ0v) is 16.4. The van der Waals surface area contributed by atoms with Gasteiger partial charge in [-0.25, -0.2) is 0 Å². The van der Waals surface area contributed by atoms with E-state index in [2.05, 4.69) is 48.4 Å². The van der Waals surface area contributed by atoms with Crippen LogP contribution in [0.2, 0.25) is 0 Å². The molecule has 2 aromatic rings. The lowest BCUT2D eigenvalue weighted by molar-refractivity contribution is 0.0774. The highest BCUT2D eigenvalue weighted by atomic mass is 35.5. The van der Waals surface area contributed by atoms with E-state index in [1.807, 2.05) is 31.5 Å².